The van der Waals surface area contributed by atoms with Gasteiger partial charge in [-0.25, -0.2) is 0 Å². The number of nitrogens with one attached hydrogen (secondary N) is 1. The third-order valence-electron chi connectivity index (χ3n) is 3.95. The first-order valence-electron chi connectivity index (χ1n) is 9.21. The third-order valence-corrected chi connectivity index (χ3v) is 4.50. The number of carbonyl (C=O) groups excluding carboxylic acids is 1. The lowest BCUT2D eigenvalue weighted by molar-refractivity contribution is -0.141. The highest BCUT2D eigenvalue weighted by molar-refractivity contribution is 7.85. The van der Waals surface area contributed by atoms with Crippen LogP contribution in [0.2, 0.25) is 0 Å². The van der Waals surface area contributed by atoms with Crippen molar-refractivity contribution in [2.45, 2.75) is 26.5 Å². The monoisotopic (exact) mass is 432 g/mol. The second-order valence-corrected chi connectivity index (χ2v) is 8.14. The van der Waals surface area contributed by atoms with Crippen LogP contribution < -0.4 is 10.1 Å². The van der Waals surface area contributed by atoms with Crippen molar-refractivity contribution < 1.29 is 26.9 Å². The van der Waals surface area contributed by atoms with Crippen LogP contribution in [0.3, 0.4) is 0 Å². The van der Waals surface area contributed by atoms with E-state index in [9.17, 15) is 13.2 Å². The third kappa shape index (κ3) is 7.73. The van der Waals surface area contributed by atoms with E-state index in [0.29, 0.717) is 23.5 Å². The Labute approximate surface area is 176 Å². The number of hydrogen-bond donors (Lipinski definition) is 1. The van der Waals surface area contributed by atoms with Gasteiger partial charge in [0.25, 0.3) is 10.1 Å². The summed E-state index contributed by atoms with van der Waals surface area (Å²) in [5.41, 5.74) is 2.56. The van der Waals surface area contributed by atoms with E-state index in [1.165, 1.54) is 6.92 Å². The lowest BCUT2D eigenvalue weighted by atomic mass is 10.0. The molecule has 0 aliphatic rings. The predicted octanol–water partition coefficient (Wildman–Crippen LogP) is 3.15. The molecule has 0 amide bonds. The van der Waals surface area contributed by atoms with Gasteiger partial charge in [-0.1, -0.05) is 6.07 Å². The van der Waals surface area contributed by atoms with Crippen molar-refractivity contribution in [3.8, 4) is 11.8 Å². The van der Waals surface area contributed by atoms with Crippen LogP contribution in [-0.2, 0) is 30.4 Å². The van der Waals surface area contributed by atoms with Crippen LogP contribution in [0.15, 0.2) is 42.5 Å². The molecule has 1 atom stereocenters. The molecule has 0 heterocycles. The summed E-state index contributed by atoms with van der Waals surface area (Å²) in [4.78, 5) is 11.4. The first-order valence-corrected chi connectivity index (χ1v) is 11.0. The smallest absolute Gasteiger partial charge is 0.302 e. The molecule has 0 saturated carbocycles. The van der Waals surface area contributed by atoms with E-state index in [2.05, 4.69) is 11.4 Å². The molecule has 30 heavy (non-hydrogen) atoms. The summed E-state index contributed by atoms with van der Waals surface area (Å²) in [6.07, 6.45) is 0.982. The zero-order chi connectivity index (χ0) is 22.1. The molecular weight excluding hydrogens is 408 g/mol. The van der Waals surface area contributed by atoms with E-state index >= 15 is 0 Å². The largest absolute Gasteiger partial charge is 0.494 e. The van der Waals surface area contributed by atoms with Gasteiger partial charge in [0, 0.05) is 12.6 Å². The van der Waals surface area contributed by atoms with Crippen molar-refractivity contribution in [1.82, 2.24) is 0 Å². The van der Waals surface area contributed by atoms with Crippen LogP contribution in [0.5, 0.6) is 5.75 Å². The SMILES string of the molecule is CCOc1cc(COS(C)(=O)=O)cc(C(COC(C)=O)Nc2ccc(C#N)cc2)c1. The summed E-state index contributed by atoms with van der Waals surface area (Å²) in [5.74, 6) is 0.111. The van der Waals surface area contributed by atoms with Gasteiger partial charge in [0.1, 0.15) is 12.4 Å². The molecule has 0 aromatic heterocycles. The molecule has 0 radical (unpaired) electrons. The lowest BCUT2D eigenvalue weighted by Crippen LogP contribution is -2.19. The minimum Gasteiger partial charge on any atom is -0.494 e. The van der Waals surface area contributed by atoms with Crippen LogP contribution in [0.4, 0.5) is 5.69 Å². The second-order valence-electron chi connectivity index (χ2n) is 6.50. The summed E-state index contributed by atoms with van der Waals surface area (Å²) in [7, 11) is -3.61. The van der Waals surface area contributed by atoms with Crippen molar-refractivity contribution in [3.63, 3.8) is 0 Å². The molecule has 1 N–H and O–H groups in total. The van der Waals surface area contributed by atoms with Gasteiger partial charge in [-0.2, -0.15) is 13.7 Å². The number of anilines is 1. The normalized spacial score (nSPS) is 11.9. The van der Waals surface area contributed by atoms with Crippen molar-refractivity contribution in [2.75, 3.05) is 24.8 Å². The van der Waals surface area contributed by atoms with Gasteiger partial charge in [0.05, 0.1) is 37.1 Å². The van der Waals surface area contributed by atoms with Crippen LogP contribution in [0.25, 0.3) is 0 Å². The Balaban J connectivity index is 2.36. The molecule has 0 spiro atoms. The van der Waals surface area contributed by atoms with Crippen LogP contribution in [0.1, 0.15) is 36.6 Å². The number of esters is 1. The Bertz CT molecular complexity index is 1010. The summed E-state index contributed by atoms with van der Waals surface area (Å²) in [6.45, 7) is 3.47. The predicted molar refractivity (Wildman–Crippen MR) is 111 cm³/mol. The highest BCUT2D eigenvalue weighted by Crippen LogP contribution is 2.27. The summed E-state index contributed by atoms with van der Waals surface area (Å²) in [6, 6.07) is 13.7. The zero-order valence-corrected chi connectivity index (χ0v) is 17.9. The Morgan fingerprint density at radius 1 is 1.20 bits per heavy atom. The summed E-state index contributed by atoms with van der Waals surface area (Å²) >= 11 is 0. The Kier molecular flexibility index (Phi) is 8.21. The van der Waals surface area contributed by atoms with E-state index < -0.39 is 22.1 Å². The van der Waals surface area contributed by atoms with Gasteiger partial charge in [-0.05, 0) is 54.4 Å². The summed E-state index contributed by atoms with van der Waals surface area (Å²) < 4.78 is 38.4. The first kappa shape index (κ1) is 23.2. The Hall–Kier alpha value is -3.09. The van der Waals surface area contributed by atoms with Gasteiger partial charge in [-0.15, -0.1) is 0 Å². The quantitative estimate of drug-likeness (QED) is 0.450. The molecule has 1 unspecified atom stereocenters. The molecule has 160 valence electrons. The van der Waals surface area contributed by atoms with E-state index in [1.807, 2.05) is 6.92 Å². The molecule has 2 rings (SSSR count). The van der Waals surface area contributed by atoms with E-state index in [4.69, 9.17) is 18.9 Å². The Morgan fingerprint density at radius 3 is 2.47 bits per heavy atom. The molecule has 0 fully saturated rings. The van der Waals surface area contributed by atoms with Crippen molar-refractivity contribution in [1.29, 1.82) is 5.26 Å². The zero-order valence-electron chi connectivity index (χ0n) is 17.0. The number of nitriles is 1. The molecule has 0 aliphatic carbocycles. The van der Waals surface area contributed by atoms with E-state index in [1.54, 1.807) is 42.5 Å². The van der Waals surface area contributed by atoms with E-state index in [0.717, 1.165) is 17.5 Å². The lowest BCUT2D eigenvalue weighted by Gasteiger charge is -2.22. The average Bonchev–Trinajstić information content (AvgIpc) is 2.69. The standard InChI is InChI=1S/C21H24N2O6S/c1-4-27-20-10-17(13-29-30(3,25)26)9-18(11-20)21(14-28-15(2)24)23-19-7-5-16(12-22)6-8-19/h5-11,21,23H,4,13-14H2,1-3H3. The van der Waals surface area contributed by atoms with Crippen LogP contribution in [-0.4, -0.2) is 33.9 Å². The number of hydrogen-bond acceptors (Lipinski definition) is 8. The average molecular weight is 432 g/mol. The highest BCUT2D eigenvalue weighted by atomic mass is 32.2. The number of ether oxygens (including phenoxy) is 2. The number of benzene rings is 2. The summed E-state index contributed by atoms with van der Waals surface area (Å²) in [5, 5.41) is 12.2. The topological polar surface area (TPSA) is 115 Å². The molecule has 0 bridgehead atoms. The van der Waals surface area contributed by atoms with Crippen molar-refractivity contribution in [3.05, 3.63) is 59.2 Å². The maximum Gasteiger partial charge on any atom is 0.302 e. The van der Waals surface area contributed by atoms with Gasteiger partial charge in [-0.3, -0.25) is 8.98 Å². The maximum atomic E-state index is 11.4. The minimum absolute atomic E-state index is 0.0390. The van der Waals surface area contributed by atoms with Crippen molar-refractivity contribution in [2.24, 2.45) is 0 Å². The maximum absolute atomic E-state index is 11.4. The van der Waals surface area contributed by atoms with Crippen molar-refractivity contribution >= 4 is 21.8 Å². The van der Waals surface area contributed by atoms with Gasteiger partial charge in [0.2, 0.25) is 0 Å². The molecule has 0 saturated heterocycles. The van der Waals surface area contributed by atoms with Gasteiger partial charge >= 0.3 is 5.97 Å². The number of carbonyl (C=O) groups is 1. The Morgan fingerprint density at radius 2 is 1.90 bits per heavy atom. The fourth-order valence-electron chi connectivity index (χ4n) is 2.66. The van der Waals surface area contributed by atoms with Crippen LogP contribution in [0, 0.1) is 11.3 Å². The fourth-order valence-corrected chi connectivity index (χ4v) is 3.01. The fraction of sp³-hybridized carbons (Fsp3) is 0.333. The molecule has 0 aliphatic heterocycles. The second kappa shape index (κ2) is 10.6. The van der Waals surface area contributed by atoms with Gasteiger partial charge < -0.3 is 14.8 Å². The molecular formula is C21H24N2O6S. The first-order chi connectivity index (χ1) is 14.2. The molecule has 8 nitrogen and oxygen atoms in total. The molecule has 9 heteroatoms. The van der Waals surface area contributed by atoms with E-state index in [-0.39, 0.29) is 13.2 Å². The van der Waals surface area contributed by atoms with Gasteiger partial charge in [0.15, 0.2) is 0 Å². The molecule has 2 aromatic rings. The van der Waals surface area contributed by atoms with Crippen LogP contribution >= 0.6 is 0 Å². The minimum atomic E-state index is -3.61. The molecule has 2 aromatic carbocycles. The number of nitrogens with zero attached hydrogens (tertiary/aromatic N) is 1. The number of rotatable bonds is 10. The highest BCUT2D eigenvalue weighted by Gasteiger charge is 2.17.